The minimum Gasteiger partial charge on any atom is -0.330 e. The van der Waals surface area contributed by atoms with E-state index in [1.54, 1.807) is 18.2 Å². The fourth-order valence-corrected chi connectivity index (χ4v) is 2.06. The van der Waals surface area contributed by atoms with Gasteiger partial charge in [0, 0.05) is 11.8 Å². The lowest BCUT2D eigenvalue weighted by atomic mass is 10.3. The maximum Gasteiger partial charge on any atom is 0.187 e. The Morgan fingerprint density at radius 1 is 1.38 bits per heavy atom. The highest BCUT2D eigenvalue weighted by Crippen LogP contribution is 2.22. The summed E-state index contributed by atoms with van der Waals surface area (Å²) in [5, 5.41) is 5.56. The van der Waals surface area contributed by atoms with E-state index < -0.39 is 0 Å². The van der Waals surface area contributed by atoms with Gasteiger partial charge in [0.2, 0.25) is 0 Å². The zero-order valence-corrected chi connectivity index (χ0v) is 9.43. The second-order valence-corrected chi connectivity index (χ2v) is 4.15. The van der Waals surface area contributed by atoms with Crippen LogP contribution in [0.1, 0.15) is 5.69 Å². The number of benzene rings is 1. The number of nitrogens with two attached hydrogens (primary N) is 1. The van der Waals surface area contributed by atoms with Crippen LogP contribution in [0, 0.1) is 5.82 Å². The first-order valence-corrected chi connectivity index (χ1v) is 5.83. The highest BCUT2D eigenvalue weighted by molar-refractivity contribution is 7.13. The third-order valence-electron chi connectivity index (χ3n) is 2.07. The number of hydrogen-bond acceptors (Lipinski definition) is 4. The molecule has 2 aromatic rings. The molecule has 0 aliphatic heterocycles. The smallest absolute Gasteiger partial charge is 0.187 e. The van der Waals surface area contributed by atoms with Crippen LogP contribution in [0.15, 0.2) is 29.6 Å². The number of thiazole rings is 1. The molecule has 1 aromatic heterocycles. The fraction of sp³-hybridized carbons (Fsp3) is 0.182. The van der Waals surface area contributed by atoms with Crippen LogP contribution in [0.5, 0.6) is 0 Å². The van der Waals surface area contributed by atoms with Gasteiger partial charge < -0.3 is 11.1 Å². The summed E-state index contributed by atoms with van der Waals surface area (Å²) in [6, 6.07) is 6.53. The molecule has 84 valence electrons. The average molecular weight is 237 g/mol. The number of hydrogen-bond donors (Lipinski definition) is 2. The molecular formula is C11H12FN3S. The van der Waals surface area contributed by atoms with Crippen molar-refractivity contribution in [3.63, 3.8) is 0 Å². The summed E-state index contributed by atoms with van der Waals surface area (Å²) in [4.78, 5) is 4.30. The van der Waals surface area contributed by atoms with E-state index in [0.29, 0.717) is 17.4 Å². The van der Waals surface area contributed by atoms with Gasteiger partial charge in [-0.1, -0.05) is 12.1 Å². The van der Waals surface area contributed by atoms with Gasteiger partial charge in [-0.25, -0.2) is 9.37 Å². The third-order valence-corrected chi connectivity index (χ3v) is 2.87. The molecule has 0 aliphatic rings. The summed E-state index contributed by atoms with van der Waals surface area (Å²) in [5.74, 6) is -0.280. The summed E-state index contributed by atoms with van der Waals surface area (Å²) in [6.45, 7) is 0.572. The van der Waals surface area contributed by atoms with Crippen LogP contribution in [0.25, 0.3) is 0 Å². The standard InChI is InChI=1S/C11H12FN3S/c12-9-3-1-2-4-10(9)15-11-14-8(5-6-13)7-16-11/h1-4,7H,5-6,13H2,(H,14,15). The maximum absolute atomic E-state index is 13.3. The van der Waals surface area contributed by atoms with Gasteiger partial charge in [0.05, 0.1) is 11.4 Å². The monoisotopic (exact) mass is 237 g/mol. The van der Waals surface area contributed by atoms with Gasteiger partial charge in [-0.2, -0.15) is 0 Å². The Morgan fingerprint density at radius 3 is 2.94 bits per heavy atom. The van der Waals surface area contributed by atoms with Crippen molar-refractivity contribution >= 4 is 22.2 Å². The SMILES string of the molecule is NCCc1csc(Nc2ccccc2F)n1. The number of aromatic nitrogens is 1. The van der Waals surface area contributed by atoms with Crippen molar-refractivity contribution in [1.29, 1.82) is 0 Å². The van der Waals surface area contributed by atoms with E-state index in [1.807, 2.05) is 5.38 Å². The maximum atomic E-state index is 13.3. The molecule has 0 saturated heterocycles. The first-order chi connectivity index (χ1) is 7.79. The topological polar surface area (TPSA) is 50.9 Å². The van der Waals surface area contributed by atoms with E-state index in [2.05, 4.69) is 10.3 Å². The molecule has 1 heterocycles. The van der Waals surface area contributed by atoms with Crippen LogP contribution in [-0.2, 0) is 6.42 Å². The van der Waals surface area contributed by atoms with E-state index in [1.165, 1.54) is 17.4 Å². The predicted molar refractivity (Wildman–Crippen MR) is 64.6 cm³/mol. The first kappa shape index (κ1) is 11.0. The van der Waals surface area contributed by atoms with Gasteiger partial charge in [0.15, 0.2) is 5.13 Å². The Hall–Kier alpha value is -1.46. The van der Waals surface area contributed by atoms with Gasteiger partial charge in [0.25, 0.3) is 0 Å². The van der Waals surface area contributed by atoms with Crippen LogP contribution >= 0.6 is 11.3 Å². The summed E-state index contributed by atoms with van der Waals surface area (Å²) in [7, 11) is 0. The van der Waals surface area contributed by atoms with Gasteiger partial charge in [-0.15, -0.1) is 11.3 Å². The van der Waals surface area contributed by atoms with E-state index >= 15 is 0 Å². The van der Waals surface area contributed by atoms with Crippen molar-refractivity contribution in [3.05, 3.63) is 41.2 Å². The minimum atomic E-state index is -0.280. The Labute approximate surface area is 97.1 Å². The lowest BCUT2D eigenvalue weighted by molar-refractivity contribution is 0.632. The molecule has 3 nitrogen and oxygen atoms in total. The number of anilines is 2. The number of nitrogens with one attached hydrogen (secondary N) is 1. The van der Waals surface area contributed by atoms with Gasteiger partial charge in [-0.3, -0.25) is 0 Å². The normalized spacial score (nSPS) is 10.4. The van der Waals surface area contributed by atoms with Gasteiger partial charge >= 0.3 is 0 Å². The molecule has 1 aromatic carbocycles. The zero-order chi connectivity index (χ0) is 11.4. The van der Waals surface area contributed by atoms with Crippen molar-refractivity contribution in [2.75, 3.05) is 11.9 Å². The highest BCUT2D eigenvalue weighted by atomic mass is 32.1. The quantitative estimate of drug-likeness (QED) is 0.859. The Balaban J connectivity index is 2.11. The molecule has 0 atom stereocenters. The van der Waals surface area contributed by atoms with Crippen LogP contribution in [0.2, 0.25) is 0 Å². The molecule has 0 unspecified atom stereocenters. The van der Waals surface area contributed by atoms with Crippen LogP contribution in [-0.4, -0.2) is 11.5 Å². The minimum absolute atomic E-state index is 0.280. The second kappa shape index (κ2) is 5.05. The van der Waals surface area contributed by atoms with E-state index in [4.69, 9.17) is 5.73 Å². The second-order valence-electron chi connectivity index (χ2n) is 3.29. The molecule has 0 amide bonds. The fourth-order valence-electron chi connectivity index (χ4n) is 1.30. The van der Waals surface area contributed by atoms with Crippen molar-refractivity contribution in [1.82, 2.24) is 4.98 Å². The molecule has 3 N–H and O–H groups in total. The molecule has 0 spiro atoms. The van der Waals surface area contributed by atoms with Crippen molar-refractivity contribution in [2.24, 2.45) is 5.73 Å². The van der Waals surface area contributed by atoms with Crippen LogP contribution < -0.4 is 11.1 Å². The molecule has 5 heteroatoms. The number of para-hydroxylation sites is 1. The van der Waals surface area contributed by atoms with Crippen molar-refractivity contribution in [2.45, 2.75) is 6.42 Å². The number of nitrogens with zero attached hydrogens (tertiary/aromatic N) is 1. The van der Waals surface area contributed by atoms with Crippen LogP contribution in [0.4, 0.5) is 15.2 Å². The van der Waals surface area contributed by atoms with E-state index in [9.17, 15) is 4.39 Å². The summed E-state index contributed by atoms with van der Waals surface area (Å²) in [5.41, 5.74) is 6.81. The molecule has 2 rings (SSSR count). The molecule has 0 aliphatic carbocycles. The first-order valence-electron chi connectivity index (χ1n) is 4.95. The molecule has 0 radical (unpaired) electrons. The van der Waals surface area contributed by atoms with Crippen molar-refractivity contribution < 1.29 is 4.39 Å². The van der Waals surface area contributed by atoms with Crippen molar-refractivity contribution in [3.8, 4) is 0 Å². The van der Waals surface area contributed by atoms with Gasteiger partial charge in [0.1, 0.15) is 5.82 Å². The highest BCUT2D eigenvalue weighted by Gasteiger charge is 2.04. The Bertz CT molecular complexity index is 470. The lowest BCUT2D eigenvalue weighted by Crippen LogP contribution is -2.03. The number of halogens is 1. The third kappa shape index (κ3) is 2.56. The molecule has 0 fully saturated rings. The molecule has 16 heavy (non-hydrogen) atoms. The summed E-state index contributed by atoms with van der Waals surface area (Å²) < 4.78 is 13.3. The number of rotatable bonds is 4. The van der Waals surface area contributed by atoms with E-state index in [0.717, 1.165) is 12.1 Å². The van der Waals surface area contributed by atoms with E-state index in [-0.39, 0.29) is 5.82 Å². The lowest BCUT2D eigenvalue weighted by Gasteiger charge is -2.02. The summed E-state index contributed by atoms with van der Waals surface area (Å²) in [6.07, 6.45) is 0.745. The molecular weight excluding hydrogens is 225 g/mol. The Morgan fingerprint density at radius 2 is 2.19 bits per heavy atom. The van der Waals surface area contributed by atoms with Crippen LogP contribution in [0.3, 0.4) is 0 Å². The predicted octanol–water partition coefficient (Wildman–Crippen LogP) is 2.53. The van der Waals surface area contributed by atoms with Gasteiger partial charge in [-0.05, 0) is 18.7 Å². The largest absolute Gasteiger partial charge is 0.330 e. The molecule has 0 bridgehead atoms. The zero-order valence-electron chi connectivity index (χ0n) is 8.61. The Kier molecular flexibility index (Phi) is 3.48. The summed E-state index contributed by atoms with van der Waals surface area (Å²) >= 11 is 1.45. The molecule has 0 saturated carbocycles. The average Bonchev–Trinajstić information content (AvgIpc) is 2.70.